The average molecular weight is 421 g/mol. The van der Waals surface area contributed by atoms with Gasteiger partial charge in [0.1, 0.15) is 4.90 Å². The van der Waals surface area contributed by atoms with Crippen LogP contribution in [0.2, 0.25) is 10.0 Å². The zero-order chi connectivity index (χ0) is 18.2. The second kappa shape index (κ2) is 6.77. The maximum atomic E-state index is 12.4. The van der Waals surface area contributed by atoms with Crippen molar-refractivity contribution in [3.05, 3.63) is 52.5 Å². The molecule has 0 bridgehead atoms. The van der Waals surface area contributed by atoms with Crippen LogP contribution in [0, 0.1) is 0 Å². The molecular formula is C15H14Cl2N2O4S2. The van der Waals surface area contributed by atoms with Gasteiger partial charge in [0.05, 0.1) is 14.9 Å². The van der Waals surface area contributed by atoms with Gasteiger partial charge in [-0.1, -0.05) is 29.3 Å². The number of halogens is 2. The van der Waals surface area contributed by atoms with E-state index in [0.29, 0.717) is 0 Å². The molecule has 0 radical (unpaired) electrons. The molecule has 0 atom stereocenters. The molecule has 134 valence electrons. The van der Waals surface area contributed by atoms with E-state index < -0.39 is 20.0 Å². The van der Waals surface area contributed by atoms with Crippen LogP contribution in [0.1, 0.15) is 12.8 Å². The maximum Gasteiger partial charge on any atom is 0.263 e. The van der Waals surface area contributed by atoms with Gasteiger partial charge in [-0.25, -0.2) is 21.6 Å². The van der Waals surface area contributed by atoms with Crippen LogP contribution in [-0.2, 0) is 20.0 Å². The van der Waals surface area contributed by atoms with Crippen LogP contribution in [0.3, 0.4) is 0 Å². The maximum absolute atomic E-state index is 12.4. The summed E-state index contributed by atoms with van der Waals surface area (Å²) in [6.45, 7) is 0. The monoisotopic (exact) mass is 420 g/mol. The first-order chi connectivity index (χ1) is 11.7. The van der Waals surface area contributed by atoms with Crippen LogP contribution >= 0.6 is 23.2 Å². The summed E-state index contributed by atoms with van der Waals surface area (Å²) in [5, 5.41) is 0.0432. The van der Waals surface area contributed by atoms with Gasteiger partial charge >= 0.3 is 0 Å². The summed E-state index contributed by atoms with van der Waals surface area (Å²) in [5.74, 6) is 0. The predicted molar refractivity (Wildman–Crippen MR) is 97.1 cm³/mol. The van der Waals surface area contributed by atoms with Gasteiger partial charge in [-0.2, -0.15) is 0 Å². The largest absolute Gasteiger partial charge is 0.280 e. The van der Waals surface area contributed by atoms with Crippen molar-refractivity contribution in [3.63, 3.8) is 0 Å². The molecule has 0 spiro atoms. The van der Waals surface area contributed by atoms with Crippen molar-refractivity contribution < 1.29 is 16.8 Å². The van der Waals surface area contributed by atoms with E-state index in [4.69, 9.17) is 23.2 Å². The van der Waals surface area contributed by atoms with Gasteiger partial charge in [0.15, 0.2) is 0 Å². The Labute approximate surface area is 156 Å². The molecule has 0 heterocycles. The zero-order valence-electron chi connectivity index (χ0n) is 12.7. The Balaban J connectivity index is 1.82. The first kappa shape index (κ1) is 18.5. The van der Waals surface area contributed by atoms with E-state index in [2.05, 4.69) is 9.44 Å². The number of benzene rings is 2. The van der Waals surface area contributed by atoms with Crippen molar-refractivity contribution in [1.29, 1.82) is 0 Å². The van der Waals surface area contributed by atoms with E-state index in [-0.39, 0.29) is 31.6 Å². The minimum atomic E-state index is -3.96. The van der Waals surface area contributed by atoms with Gasteiger partial charge in [-0.15, -0.1) is 0 Å². The Kier molecular flexibility index (Phi) is 5.00. The highest BCUT2D eigenvalue weighted by molar-refractivity contribution is 7.92. The van der Waals surface area contributed by atoms with Gasteiger partial charge in [0.25, 0.3) is 10.0 Å². The van der Waals surface area contributed by atoms with Crippen molar-refractivity contribution in [2.75, 3.05) is 4.72 Å². The predicted octanol–water partition coefficient (Wildman–Crippen LogP) is 3.23. The fourth-order valence-electron chi connectivity index (χ4n) is 2.09. The lowest BCUT2D eigenvalue weighted by Crippen LogP contribution is -2.25. The van der Waals surface area contributed by atoms with E-state index in [1.807, 2.05) is 0 Å². The van der Waals surface area contributed by atoms with Gasteiger partial charge < -0.3 is 0 Å². The van der Waals surface area contributed by atoms with Crippen LogP contribution in [0.15, 0.2) is 52.3 Å². The van der Waals surface area contributed by atoms with Crippen molar-refractivity contribution in [3.8, 4) is 0 Å². The molecule has 1 aliphatic rings. The molecule has 0 unspecified atom stereocenters. The molecule has 3 rings (SSSR count). The summed E-state index contributed by atoms with van der Waals surface area (Å²) in [6.07, 6.45) is 1.66. The minimum Gasteiger partial charge on any atom is -0.280 e. The molecule has 0 amide bonds. The molecule has 10 heteroatoms. The number of anilines is 1. The highest BCUT2D eigenvalue weighted by atomic mass is 35.5. The van der Waals surface area contributed by atoms with Crippen LogP contribution in [0.25, 0.3) is 0 Å². The van der Waals surface area contributed by atoms with E-state index in [1.165, 1.54) is 42.5 Å². The van der Waals surface area contributed by atoms with E-state index in [0.717, 1.165) is 12.8 Å². The Bertz CT molecular complexity index is 1000. The third kappa shape index (κ3) is 4.27. The highest BCUT2D eigenvalue weighted by Crippen LogP contribution is 2.30. The Morgan fingerprint density at radius 1 is 0.880 bits per heavy atom. The summed E-state index contributed by atoms with van der Waals surface area (Å²) in [6, 6.07) is 9.69. The molecule has 1 fully saturated rings. The van der Waals surface area contributed by atoms with Gasteiger partial charge in [0, 0.05) is 11.7 Å². The number of hydrogen-bond donors (Lipinski definition) is 2. The first-order valence-electron chi connectivity index (χ1n) is 7.28. The molecule has 0 aromatic heterocycles. The topological polar surface area (TPSA) is 92.3 Å². The molecule has 2 aromatic rings. The van der Waals surface area contributed by atoms with Gasteiger partial charge in [0.2, 0.25) is 10.0 Å². The molecule has 25 heavy (non-hydrogen) atoms. The SMILES string of the molecule is O=S(=O)(NC1CC1)c1ccc(NS(=O)(=O)c2cccc(Cl)c2Cl)cc1. The van der Waals surface area contributed by atoms with Crippen molar-refractivity contribution in [2.45, 2.75) is 28.7 Å². The smallest absolute Gasteiger partial charge is 0.263 e. The van der Waals surface area contributed by atoms with Crippen molar-refractivity contribution in [1.82, 2.24) is 4.72 Å². The Morgan fingerprint density at radius 2 is 1.52 bits per heavy atom. The lowest BCUT2D eigenvalue weighted by molar-refractivity contribution is 0.581. The first-order valence-corrected chi connectivity index (χ1v) is 11.0. The second-order valence-electron chi connectivity index (χ2n) is 5.58. The second-order valence-corrected chi connectivity index (χ2v) is 9.73. The summed E-state index contributed by atoms with van der Waals surface area (Å²) >= 11 is 11.8. The number of nitrogens with one attached hydrogen (secondary N) is 2. The lowest BCUT2D eigenvalue weighted by atomic mass is 10.3. The molecule has 1 saturated carbocycles. The standard InChI is InChI=1S/C15H14Cl2N2O4S2/c16-13-2-1-3-14(15(13)17)25(22,23)19-11-6-8-12(9-7-11)24(20,21)18-10-4-5-10/h1-3,6-10,18-19H,4-5H2. The van der Waals surface area contributed by atoms with E-state index in [1.54, 1.807) is 0 Å². The van der Waals surface area contributed by atoms with Crippen LogP contribution < -0.4 is 9.44 Å². The Morgan fingerprint density at radius 3 is 2.12 bits per heavy atom. The minimum absolute atomic E-state index is 0.00634. The summed E-state index contributed by atoms with van der Waals surface area (Å²) in [7, 11) is -7.54. The summed E-state index contributed by atoms with van der Waals surface area (Å²) in [4.78, 5) is -0.0862. The molecule has 0 aliphatic heterocycles. The third-order valence-electron chi connectivity index (χ3n) is 3.52. The number of rotatable bonds is 6. The molecule has 1 aliphatic carbocycles. The summed E-state index contributed by atoms with van der Waals surface area (Å²) < 4.78 is 54.0. The molecule has 0 saturated heterocycles. The Hall–Kier alpha value is -1.32. The number of sulfonamides is 2. The van der Waals surface area contributed by atoms with Crippen LogP contribution in [-0.4, -0.2) is 22.9 Å². The highest BCUT2D eigenvalue weighted by Gasteiger charge is 2.28. The number of hydrogen-bond acceptors (Lipinski definition) is 4. The van der Waals surface area contributed by atoms with E-state index >= 15 is 0 Å². The average Bonchev–Trinajstić information content (AvgIpc) is 3.33. The van der Waals surface area contributed by atoms with Gasteiger partial charge in [-0.05, 0) is 49.2 Å². The van der Waals surface area contributed by atoms with Crippen LogP contribution in [0.4, 0.5) is 5.69 Å². The third-order valence-corrected chi connectivity index (χ3v) is 7.41. The van der Waals surface area contributed by atoms with Crippen molar-refractivity contribution in [2.24, 2.45) is 0 Å². The normalized spacial score (nSPS) is 15.1. The fourth-order valence-corrected chi connectivity index (χ4v) is 5.22. The van der Waals surface area contributed by atoms with Crippen molar-refractivity contribution >= 4 is 48.9 Å². The molecule has 2 aromatic carbocycles. The van der Waals surface area contributed by atoms with Crippen LogP contribution in [0.5, 0.6) is 0 Å². The molecular weight excluding hydrogens is 407 g/mol. The van der Waals surface area contributed by atoms with Gasteiger partial charge in [-0.3, -0.25) is 4.72 Å². The quantitative estimate of drug-likeness (QED) is 0.749. The lowest BCUT2D eigenvalue weighted by Gasteiger charge is -2.11. The summed E-state index contributed by atoms with van der Waals surface area (Å²) in [5.41, 5.74) is 0.210. The van der Waals surface area contributed by atoms with E-state index in [9.17, 15) is 16.8 Å². The molecule has 2 N–H and O–H groups in total. The fraction of sp³-hybridized carbons (Fsp3) is 0.200. The zero-order valence-corrected chi connectivity index (χ0v) is 15.9. The molecule has 6 nitrogen and oxygen atoms in total.